The molecule has 2 amide bonds. The Bertz CT molecular complexity index is 597. The molecule has 150 valence electrons. The van der Waals surface area contributed by atoms with Crippen LogP contribution in [0.4, 0.5) is 5.82 Å². The van der Waals surface area contributed by atoms with Crippen LogP contribution < -0.4 is 10.2 Å². The molecule has 0 spiro atoms. The molecule has 0 atom stereocenters. The van der Waals surface area contributed by atoms with E-state index < -0.39 is 0 Å². The van der Waals surface area contributed by atoms with E-state index in [2.05, 4.69) is 36.0 Å². The van der Waals surface area contributed by atoms with Gasteiger partial charge in [0.1, 0.15) is 5.82 Å². The molecule has 1 aromatic heterocycles. The van der Waals surface area contributed by atoms with Gasteiger partial charge in [-0.1, -0.05) is 20.8 Å². The van der Waals surface area contributed by atoms with Gasteiger partial charge in [-0.15, -0.1) is 0 Å². The van der Waals surface area contributed by atoms with E-state index in [1.165, 1.54) is 0 Å². The average Bonchev–Trinajstić information content (AvgIpc) is 2.72. The zero-order valence-electron chi connectivity index (χ0n) is 16.7. The summed E-state index contributed by atoms with van der Waals surface area (Å²) in [6.45, 7) is 9.95. The fourth-order valence-corrected chi connectivity index (χ4v) is 3.78. The molecule has 2 rings (SSSR count). The van der Waals surface area contributed by atoms with Crippen molar-refractivity contribution < 1.29 is 9.59 Å². The molecule has 1 fully saturated rings. The van der Waals surface area contributed by atoms with E-state index in [4.69, 9.17) is 0 Å². The number of carbonyl (C=O) groups is 2. The molecule has 6 nitrogen and oxygen atoms in total. The Balaban J connectivity index is 1.84. The van der Waals surface area contributed by atoms with Crippen molar-refractivity contribution >= 4 is 29.4 Å². The van der Waals surface area contributed by atoms with Crippen molar-refractivity contribution in [2.45, 2.75) is 33.6 Å². The standard InChI is InChI=1S/C20H32N4O2S/c1-4-16(5-2)20(26)24-12-10-23(11-13-24)18-8-7-17(15-22-18)19(25)21-9-14-27-6-3/h7-8,15-16H,4-6,9-14H2,1-3H3,(H,21,25). The zero-order chi connectivity index (χ0) is 19.6. The van der Waals surface area contributed by atoms with E-state index in [0.717, 1.165) is 56.3 Å². The SMILES string of the molecule is CCSCCNC(=O)c1ccc(N2CCN(C(=O)C(CC)CC)CC2)nc1. The van der Waals surface area contributed by atoms with Gasteiger partial charge >= 0.3 is 0 Å². The second-order valence-corrected chi connectivity index (χ2v) is 8.08. The molecule has 1 N–H and O–H groups in total. The highest BCUT2D eigenvalue weighted by Gasteiger charge is 2.25. The van der Waals surface area contributed by atoms with Crippen molar-refractivity contribution in [2.75, 3.05) is 49.1 Å². The first-order chi connectivity index (χ1) is 13.1. The fraction of sp³-hybridized carbons (Fsp3) is 0.650. The second kappa shape index (κ2) is 11.2. The summed E-state index contributed by atoms with van der Waals surface area (Å²) in [7, 11) is 0. The van der Waals surface area contributed by atoms with E-state index in [1.54, 1.807) is 6.20 Å². The van der Waals surface area contributed by atoms with Gasteiger partial charge in [0, 0.05) is 50.6 Å². The number of thioether (sulfide) groups is 1. The minimum Gasteiger partial charge on any atom is -0.353 e. The zero-order valence-corrected chi connectivity index (χ0v) is 17.6. The third-order valence-electron chi connectivity index (χ3n) is 5.00. The summed E-state index contributed by atoms with van der Waals surface area (Å²) in [5.41, 5.74) is 0.586. The smallest absolute Gasteiger partial charge is 0.252 e. The summed E-state index contributed by atoms with van der Waals surface area (Å²) in [6.07, 6.45) is 3.44. The molecule has 0 radical (unpaired) electrons. The van der Waals surface area contributed by atoms with Crippen molar-refractivity contribution in [2.24, 2.45) is 5.92 Å². The summed E-state index contributed by atoms with van der Waals surface area (Å²) in [5.74, 6) is 3.19. The lowest BCUT2D eigenvalue weighted by molar-refractivity contribution is -0.136. The topological polar surface area (TPSA) is 65.5 Å². The molecule has 1 saturated heterocycles. The number of anilines is 1. The third-order valence-corrected chi connectivity index (χ3v) is 5.90. The van der Waals surface area contributed by atoms with Crippen LogP contribution in [0.1, 0.15) is 44.0 Å². The van der Waals surface area contributed by atoms with E-state index in [-0.39, 0.29) is 17.7 Å². The Morgan fingerprint density at radius 3 is 2.41 bits per heavy atom. The maximum absolute atomic E-state index is 12.5. The monoisotopic (exact) mass is 392 g/mol. The number of nitrogens with zero attached hydrogens (tertiary/aromatic N) is 3. The van der Waals surface area contributed by atoms with Gasteiger partial charge in [0.15, 0.2) is 0 Å². The number of nitrogens with one attached hydrogen (secondary N) is 1. The molecule has 0 bridgehead atoms. The predicted octanol–water partition coefficient (Wildman–Crippen LogP) is 2.65. The Labute approximate surface area is 167 Å². The lowest BCUT2D eigenvalue weighted by Crippen LogP contribution is -2.50. The van der Waals surface area contributed by atoms with Crippen LogP contribution in [0, 0.1) is 5.92 Å². The van der Waals surface area contributed by atoms with Gasteiger partial charge in [-0.2, -0.15) is 11.8 Å². The number of carbonyl (C=O) groups excluding carboxylic acids is 2. The van der Waals surface area contributed by atoms with Gasteiger partial charge in [-0.25, -0.2) is 4.98 Å². The van der Waals surface area contributed by atoms with Crippen LogP contribution in [0.5, 0.6) is 0 Å². The van der Waals surface area contributed by atoms with Crippen molar-refractivity contribution in [1.29, 1.82) is 0 Å². The molecule has 27 heavy (non-hydrogen) atoms. The molecule has 1 aliphatic heterocycles. The quantitative estimate of drug-likeness (QED) is 0.655. The fourth-order valence-electron chi connectivity index (χ4n) is 3.24. The van der Waals surface area contributed by atoms with Crippen LogP contribution in [0.3, 0.4) is 0 Å². The molecular formula is C20H32N4O2S. The number of hydrogen-bond acceptors (Lipinski definition) is 5. The molecule has 0 aliphatic carbocycles. The highest BCUT2D eigenvalue weighted by atomic mass is 32.2. The van der Waals surface area contributed by atoms with Crippen LogP contribution >= 0.6 is 11.8 Å². The van der Waals surface area contributed by atoms with Crippen LogP contribution in [0.15, 0.2) is 18.3 Å². The Hall–Kier alpha value is -1.76. The lowest BCUT2D eigenvalue weighted by atomic mass is 10.0. The van der Waals surface area contributed by atoms with E-state index in [1.807, 2.05) is 28.8 Å². The van der Waals surface area contributed by atoms with Crippen molar-refractivity contribution in [3.63, 3.8) is 0 Å². The highest BCUT2D eigenvalue weighted by molar-refractivity contribution is 7.99. The summed E-state index contributed by atoms with van der Waals surface area (Å²) < 4.78 is 0. The first-order valence-corrected chi connectivity index (χ1v) is 11.1. The maximum atomic E-state index is 12.5. The number of aromatic nitrogens is 1. The first-order valence-electron chi connectivity index (χ1n) is 9.96. The molecule has 7 heteroatoms. The van der Waals surface area contributed by atoms with E-state index in [0.29, 0.717) is 12.1 Å². The van der Waals surface area contributed by atoms with Gasteiger partial charge in [0.25, 0.3) is 5.91 Å². The summed E-state index contributed by atoms with van der Waals surface area (Å²) in [5, 5.41) is 2.92. The summed E-state index contributed by atoms with van der Waals surface area (Å²) in [4.78, 5) is 33.2. The average molecular weight is 393 g/mol. The molecule has 1 aliphatic rings. The van der Waals surface area contributed by atoms with Crippen LogP contribution in [-0.4, -0.2) is 65.9 Å². The predicted molar refractivity (Wildman–Crippen MR) is 112 cm³/mol. The number of rotatable bonds is 9. The molecule has 0 unspecified atom stereocenters. The van der Waals surface area contributed by atoms with Crippen molar-refractivity contribution in [3.05, 3.63) is 23.9 Å². The molecule has 1 aromatic rings. The largest absolute Gasteiger partial charge is 0.353 e. The molecular weight excluding hydrogens is 360 g/mol. The number of pyridine rings is 1. The van der Waals surface area contributed by atoms with Gasteiger partial charge < -0.3 is 15.1 Å². The number of piperazine rings is 1. The van der Waals surface area contributed by atoms with E-state index in [9.17, 15) is 9.59 Å². The summed E-state index contributed by atoms with van der Waals surface area (Å²) in [6, 6.07) is 3.72. The highest BCUT2D eigenvalue weighted by Crippen LogP contribution is 2.17. The van der Waals surface area contributed by atoms with Crippen LogP contribution in [-0.2, 0) is 4.79 Å². The van der Waals surface area contributed by atoms with E-state index >= 15 is 0 Å². The minimum atomic E-state index is -0.0775. The van der Waals surface area contributed by atoms with Gasteiger partial charge in [0.05, 0.1) is 5.56 Å². The Morgan fingerprint density at radius 1 is 1.15 bits per heavy atom. The second-order valence-electron chi connectivity index (χ2n) is 6.68. The van der Waals surface area contributed by atoms with Crippen molar-refractivity contribution in [1.82, 2.24) is 15.2 Å². The number of hydrogen-bond donors (Lipinski definition) is 1. The van der Waals surface area contributed by atoms with Gasteiger partial charge in [-0.05, 0) is 30.7 Å². The lowest BCUT2D eigenvalue weighted by Gasteiger charge is -2.36. The minimum absolute atomic E-state index is 0.0775. The molecule has 0 saturated carbocycles. The number of amides is 2. The van der Waals surface area contributed by atoms with Crippen LogP contribution in [0.25, 0.3) is 0 Å². The van der Waals surface area contributed by atoms with Crippen molar-refractivity contribution in [3.8, 4) is 0 Å². The summed E-state index contributed by atoms with van der Waals surface area (Å²) >= 11 is 1.81. The maximum Gasteiger partial charge on any atom is 0.252 e. The molecule has 2 heterocycles. The first kappa shape index (κ1) is 21.5. The normalized spacial score (nSPS) is 14.5. The van der Waals surface area contributed by atoms with Gasteiger partial charge in [-0.3, -0.25) is 9.59 Å². The Kier molecular flexibility index (Phi) is 8.91. The van der Waals surface area contributed by atoms with Gasteiger partial charge in [0.2, 0.25) is 5.91 Å². The third kappa shape index (κ3) is 6.13. The molecule has 0 aromatic carbocycles. The Morgan fingerprint density at radius 2 is 1.85 bits per heavy atom. The van der Waals surface area contributed by atoms with Crippen LogP contribution in [0.2, 0.25) is 0 Å².